The lowest BCUT2D eigenvalue weighted by molar-refractivity contribution is -0.118. The zero-order valence-electron chi connectivity index (χ0n) is 13.9. The highest BCUT2D eigenvalue weighted by atomic mass is 32.2. The number of imidazole rings is 1. The quantitative estimate of drug-likeness (QED) is 0.714. The van der Waals surface area contributed by atoms with E-state index in [2.05, 4.69) is 41.3 Å². The first-order chi connectivity index (χ1) is 11.6. The van der Waals surface area contributed by atoms with Gasteiger partial charge in [0.25, 0.3) is 0 Å². The first kappa shape index (κ1) is 16.6. The van der Waals surface area contributed by atoms with Crippen molar-refractivity contribution < 1.29 is 4.79 Å². The van der Waals surface area contributed by atoms with Crippen LogP contribution in [0.15, 0.2) is 48.5 Å². The summed E-state index contributed by atoms with van der Waals surface area (Å²) in [6.45, 7) is 4.69. The molecule has 0 saturated carbocycles. The van der Waals surface area contributed by atoms with E-state index in [1.165, 1.54) is 5.56 Å². The molecule has 0 unspecified atom stereocenters. The van der Waals surface area contributed by atoms with Crippen molar-refractivity contribution in [2.75, 3.05) is 5.75 Å². The molecule has 1 amide bonds. The van der Waals surface area contributed by atoms with Gasteiger partial charge in [0.05, 0.1) is 22.0 Å². The van der Waals surface area contributed by atoms with Crippen molar-refractivity contribution in [2.45, 2.75) is 25.6 Å². The summed E-state index contributed by atoms with van der Waals surface area (Å²) in [5.74, 6) is 1.38. The summed E-state index contributed by atoms with van der Waals surface area (Å²) in [5.41, 5.74) is 4.33. The van der Waals surface area contributed by atoms with Gasteiger partial charge in [-0.2, -0.15) is 0 Å². The standard InChI is InChI=1S/C19H21N3OS/c1-13-7-9-15(10-8-13)11-20-18(23)12-24-14(2)19-21-16-5-3-4-6-17(16)22-19/h3-10,14H,11-12H2,1-2H3,(H,20,23)(H,21,22)/t14-/m1/s1. The smallest absolute Gasteiger partial charge is 0.230 e. The Morgan fingerprint density at radius 3 is 2.71 bits per heavy atom. The number of aromatic nitrogens is 2. The number of carbonyl (C=O) groups excluding carboxylic acids is 1. The molecule has 0 radical (unpaired) electrons. The Bertz CT molecular complexity index is 793. The van der Waals surface area contributed by atoms with E-state index < -0.39 is 0 Å². The van der Waals surface area contributed by atoms with Crippen LogP contribution in [0.3, 0.4) is 0 Å². The Balaban J connectivity index is 1.49. The number of fused-ring (bicyclic) bond motifs is 1. The third-order valence-corrected chi connectivity index (χ3v) is 5.02. The highest BCUT2D eigenvalue weighted by molar-refractivity contribution is 8.00. The van der Waals surface area contributed by atoms with Crippen LogP contribution in [0, 0.1) is 6.92 Å². The number of nitrogens with one attached hydrogen (secondary N) is 2. The second-order valence-electron chi connectivity index (χ2n) is 5.85. The number of para-hydroxylation sites is 2. The number of amides is 1. The number of carbonyl (C=O) groups is 1. The molecule has 2 aromatic carbocycles. The van der Waals surface area contributed by atoms with E-state index in [9.17, 15) is 4.79 Å². The second-order valence-corrected chi connectivity index (χ2v) is 7.18. The molecule has 3 aromatic rings. The molecule has 0 spiro atoms. The second kappa shape index (κ2) is 7.53. The summed E-state index contributed by atoms with van der Waals surface area (Å²) < 4.78 is 0. The van der Waals surface area contributed by atoms with Crippen molar-refractivity contribution in [1.82, 2.24) is 15.3 Å². The van der Waals surface area contributed by atoms with Gasteiger partial charge in [-0.15, -0.1) is 11.8 Å². The van der Waals surface area contributed by atoms with Gasteiger partial charge in [-0.05, 0) is 31.5 Å². The van der Waals surface area contributed by atoms with E-state index in [1.807, 2.05) is 36.4 Å². The fourth-order valence-electron chi connectivity index (χ4n) is 2.40. The number of aryl methyl sites for hydroxylation is 1. The van der Waals surface area contributed by atoms with Gasteiger partial charge < -0.3 is 10.3 Å². The SMILES string of the molecule is Cc1ccc(CNC(=O)CS[C@H](C)c2nc3ccccc3[nH]2)cc1. The molecule has 1 heterocycles. The molecule has 124 valence electrons. The van der Waals surface area contributed by atoms with Gasteiger partial charge in [0.2, 0.25) is 5.91 Å². The van der Waals surface area contributed by atoms with Crippen LogP contribution < -0.4 is 5.32 Å². The van der Waals surface area contributed by atoms with Crippen LogP contribution in [-0.2, 0) is 11.3 Å². The van der Waals surface area contributed by atoms with E-state index in [4.69, 9.17) is 0 Å². The van der Waals surface area contributed by atoms with Crippen molar-refractivity contribution in [3.8, 4) is 0 Å². The molecular weight excluding hydrogens is 318 g/mol. The summed E-state index contributed by atoms with van der Waals surface area (Å²) in [7, 11) is 0. The molecule has 24 heavy (non-hydrogen) atoms. The predicted octanol–water partition coefficient (Wildman–Crippen LogP) is 3.98. The van der Waals surface area contributed by atoms with Gasteiger partial charge in [-0.3, -0.25) is 4.79 Å². The van der Waals surface area contributed by atoms with Crippen LogP contribution in [0.5, 0.6) is 0 Å². The van der Waals surface area contributed by atoms with Gasteiger partial charge in [-0.1, -0.05) is 42.0 Å². The molecule has 2 N–H and O–H groups in total. The van der Waals surface area contributed by atoms with E-state index in [0.29, 0.717) is 12.3 Å². The van der Waals surface area contributed by atoms with E-state index in [0.717, 1.165) is 22.4 Å². The van der Waals surface area contributed by atoms with Crippen molar-refractivity contribution >= 4 is 28.7 Å². The molecule has 1 aromatic heterocycles. The fraction of sp³-hybridized carbons (Fsp3) is 0.263. The molecular formula is C19H21N3OS. The minimum absolute atomic E-state index is 0.0449. The Hall–Kier alpha value is -2.27. The van der Waals surface area contributed by atoms with E-state index in [1.54, 1.807) is 11.8 Å². The van der Waals surface area contributed by atoms with Crippen LogP contribution in [0.4, 0.5) is 0 Å². The molecule has 0 aliphatic heterocycles. The zero-order valence-corrected chi connectivity index (χ0v) is 14.7. The molecule has 4 nitrogen and oxygen atoms in total. The van der Waals surface area contributed by atoms with Crippen molar-refractivity contribution in [3.05, 3.63) is 65.5 Å². The topological polar surface area (TPSA) is 57.8 Å². The maximum absolute atomic E-state index is 12.0. The molecule has 3 rings (SSSR count). The Morgan fingerprint density at radius 2 is 1.96 bits per heavy atom. The van der Waals surface area contributed by atoms with Gasteiger partial charge in [0.1, 0.15) is 5.82 Å². The minimum Gasteiger partial charge on any atom is -0.351 e. The molecule has 0 bridgehead atoms. The zero-order chi connectivity index (χ0) is 16.9. The minimum atomic E-state index is 0.0449. The van der Waals surface area contributed by atoms with E-state index in [-0.39, 0.29) is 11.2 Å². The number of H-pyrrole nitrogens is 1. The third kappa shape index (κ3) is 4.17. The average Bonchev–Trinajstić information content (AvgIpc) is 3.03. The molecule has 0 saturated heterocycles. The van der Waals surface area contributed by atoms with Crippen LogP contribution >= 0.6 is 11.8 Å². The molecule has 1 atom stereocenters. The summed E-state index contributed by atoms with van der Waals surface area (Å²) in [6.07, 6.45) is 0. The molecule has 0 aliphatic carbocycles. The lowest BCUT2D eigenvalue weighted by Crippen LogP contribution is -2.24. The van der Waals surface area contributed by atoms with Crippen molar-refractivity contribution in [1.29, 1.82) is 0 Å². The monoisotopic (exact) mass is 339 g/mol. The van der Waals surface area contributed by atoms with Crippen molar-refractivity contribution in [2.24, 2.45) is 0 Å². The normalized spacial score (nSPS) is 12.2. The van der Waals surface area contributed by atoms with Crippen LogP contribution in [0.25, 0.3) is 11.0 Å². The van der Waals surface area contributed by atoms with E-state index >= 15 is 0 Å². The number of aromatic amines is 1. The Labute approximate surface area is 146 Å². The summed E-state index contributed by atoms with van der Waals surface area (Å²) in [6, 6.07) is 16.2. The third-order valence-electron chi connectivity index (χ3n) is 3.87. The lowest BCUT2D eigenvalue weighted by atomic mass is 10.1. The first-order valence-electron chi connectivity index (χ1n) is 8.00. The molecule has 0 aliphatic rings. The van der Waals surface area contributed by atoms with Crippen LogP contribution in [-0.4, -0.2) is 21.6 Å². The highest BCUT2D eigenvalue weighted by Crippen LogP contribution is 2.27. The number of benzene rings is 2. The fourth-order valence-corrected chi connectivity index (χ4v) is 3.18. The summed E-state index contributed by atoms with van der Waals surface area (Å²) >= 11 is 1.58. The Morgan fingerprint density at radius 1 is 1.21 bits per heavy atom. The highest BCUT2D eigenvalue weighted by Gasteiger charge is 2.13. The van der Waals surface area contributed by atoms with Gasteiger partial charge >= 0.3 is 0 Å². The molecule has 0 fully saturated rings. The maximum atomic E-state index is 12.0. The number of rotatable bonds is 6. The summed E-state index contributed by atoms with van der Waals surface area (Å²) in [4.78, 5) is 19.9. The van der Waals surface area contributed by atoms with Gasteiger partial charge in [0, 0.05) is 6.54 Å². The number of thioether (sulfide) groups is 1. The number of hydrogen-bond acceptors (Lipinski definition) is 3. The first-order valence-corrected chi connectivity index (χ1v) is 9.05. The van der Waals surface area contributed by atoms with Crippen LogP contribution in [0.2, 0.25) is 0 Å². The maximum Gasteiger partial charge on any atom is 0.230 e. The number of hydrogen-bond donors (Lipinski definition) is 2. The Kier molecular flexibility index (Phi) is 5.20. The van der Waals surface area contributed by atoms with Crippen molar-refractivity contribution in [3.63, 3.8) is 0 Å². The molecule has 5 heteroatoms. The largest absolute Gasteiger partial charge is 0.351 e. The van der Waals surface area contributed by atoms with Crippen LogP contribution in [0.1, 0.15) is 29.1 Å². The van der Waals surface area contributed by atoms with Gasteiger partial charge in [0.15, 0.2) is 0 Å². The van der Waals surface area contributed by atoms with Gasteiger partial charge in [-0.25, -0.2) is 4.98 Å². The number of nitrogens with zero attached hydrogens (tertiary/aromatic N) is 1. The average molecular weight is 339 g/mol. The predicted molar refractivity (Wildman–Crippen MR) is 100.0 cm³/mol. The summed E-state index contributed by atoms with van der Waals surface area (Å²) in [5, 5.41) is 3.10. The lowest BCUT2D eigenvalue weighted by Gasteiger charge is -2.09.